The Morgan fingerprint density at radius 1 is 1.17 bits per heavy atom. The van der Waals surface area contributed by atoms with Crippen LogP contribution in [0.25, 0.3) is 11.0 Å². The first-order chi connectivity index (χ1) is 14.7. The van der Waals surface area contributed by atoms with Crippen molar-refractivity contribution in [2.45, 2.75) is 45.6 Å². The fourth-order valence-electron chi connectivity index (χ4n) is 3.11. The first kappa shape index (κ1) is 19.8. The quantitative estimate of drug-likeness (QED) is 0.356. The highest BCUT2D eigenvalue weighted by Gasteiger charge is 2.25. The number of hydrogen-bond donors (Lipinski definition) is 4. The van der Waals surface area contributed by atoms with Gasteiger partial charge in [0.25, 0.3) is 0 Å². The van der Waals surface area contributed by atoms with Crippen LogP contribution in [0.3, 0.4) is 0 Å². The maximum absolute atomic E-state index is 14.2. The number of halogens is 1. The van der Waals surface area contributed by atoms with Crippen molar-refractivity contribution in [2.24, 2.45) is 0 Å². The molecule has 1 atom stereocenters. The molecule has 0 radical (unpaired) electrons. The molecule has 4 aromatic rings. The van der Waals surface area contributed by atoms with Crippen LogP contribution in [-0.2, 0) is 0 Å². The fraction of sp³-hybridized carbons (Fsp3) is 0.333. The molecule has 0 amide bonds. The third-order valence-corrected chi connectivity index (χ3v) is 4.82. The second kappa shape index (κ2) is 8.48. The van der Waals surface area contributed by atoms with Gasteiger partial charge in [0.15, 0.2) is 17.5 Å². The van der Waals surface area contributed by atoms with Crippen LogP contribution >= 0.6 is 0 Å². The van der Waals surface area contributed by atoms with E-state index in [-0.39, 0.29) is 11.9 Å². The van der Waals surface area contributed by atoms with Crippen LogP contribution in [-0.4, -0.2) is 30.1 Å². The van der Waals surface area contributed by atoms with Crippen LogP contribution in [0.15, 0.2) is 36.7 Å². The molecule has 156 valence electrons. The molecule has 30 heavy (non-hydrogen) atoms. The van der Waals surface area contributed by atoms with Crippen molar-refractivity contribution in [3.05, 3.63) is 53.9 Å². The molecule has 1 aliphatic rings. The van der Waals surface area contributed by atoms with E-state index >= 15 is 0 Å². The lowest BCUT2D eigenvalue weighted by Crippen LogP contribution is -2.12. The van der Waals surface area contributed by atoms with E-state index in [9.17, 15) is 4.39 Å². The Morgan fingerprint density at radius 3 is 2.80 bits per heavy atom. The molecular formula is C21H25FN8. The van der Waals surface area contributed by atoms with E-state index in [0.717, 1.165) is 41.5 Å². The van der Waals surface area contributed by atoms with Gasteiger partial charge in [0.2, 0.25) is 5.95 Å². The Morgan fingerprint density at radius 2 is 2.00 bits per heavy atom. The monoisotopic (exact) mass is 408 g/mol. The molecule has 9 heteroatoms. The van der Waals surface area contributed by atoms with Crippen LogP contribution in [0.4, 0.5) is 22.0 Å². The van der Waals surface area contributed by atoms with E-state index in [2.05, 4.69) is 40.8 Å². The summed E-state index contributed by atoms with van der Waals surface area (Å²) in [6.45, 7) is 5.95. The van der Waals surface area contributed by atoms with Crippen molar-refractivity contribution in [1.82, 2.24) is 30.1 Å². The predicted molar refractivity (Wildman–Crippen MR) is 115 cm³/mol. The second-order valence-electron chi connectivity index (χ2n) is 7.01. The third-order valence-electron chi connectivity index (χ3n) is 4.82. The number of rotatable bonds is 6. The summed E-state index contributed by atoms with van der Waals surface area (Å²) in [5.41, 5.74) is 3.77. The Labute approximate surface area is 173 Å². The lowest BCUT2D eigenvalue weighted by molar-refractivity contribution is 0.618. The maximum Gasteiger partial charge on any atom is 0.225 e. The highest BCUT2D eigenvalue weighted by molar-refractivity contribution is 5.74. The first-order valence-electron chi connectivity index (χ1n) is 10.2. The highest BCUT2D eigenvalue weighted by Crippen LogP contribution is 2.39. The van der Waals surface area contributed by atoms with E-state index in [1.807, 2.05) is 51.2 Å². The first-order valence-corrected chi connectivity index (χ1v) is 10.2. The van der Waals surface area contributed by atoms with Crippen LogP contribution in [0.2, 0.25) is 0 Å². The highest BCUT2D eigenvalue weighted by atomic mass is 19.1. The van der Waals surface area contributed by atoms with Gasteiger partial charge >= 0.3 is 0 Å². The lowest BCUT2D eigenvalue weighted by atomic mass is 10.2. The maximum atomic E-state index is 14.2. The molecule has 1 fully saturated rings. The molecule has 1 saturated carbocycles. The largest absolute Gasteiger partial charge is 0.360 e. The summed E-state index contributed by atoms with van der Waals surface area (Å²) in [7, 11) is 0. The zero-order chi connectivity index (χ0) is 21.1. The van der Waals surface area contributed by atoms with Gasteiger partial charge in [0.1, 0.15) is 0 Å². The Hall–Kier alpha value is -3.49. The molecule has 0 saturated heterocycles. The number of anilines is 3. The van der Waals surface area contributed by atoms with E-state index in [4.69, 9.17) is 0 Å². The van der Waals surface area contributed by atoms with Gasteiger partial charge in [-0.3, -0.25) is 5.10 Å². The SMILES string of the molecule is CC.C[C@H](Nc1ncc(F)c(Nc2cc(C3CC3)[nH]n2)n1)c1ccc2[nH]ccc2n1. The smallest absolute Gasteiger partial charge is 0.225 e. The lowest BCUT2D eigenvalue weighted by Gasteiger charge is -2.14. The Balaban J connectivity index is 0.00000106. The molecule has 4 N–H and O–H groups in total. The average Bonchev–Trinajstić information content (AvgIpc) is 3.32. The molecule has 1 aliphatic carbocycles. The van der Waals surface area contributed by atoms with E-state index in [1.54, 1.807) is 0 Å². The Kier molecular flexibility index (Phi) is 5.60. The zero-order valence-electron chi connectivity index (χ0n) is 17.2. The van der Waals surface area contributed by atoms with Crippen LogP contribution in [0, 0.1) is 5.82 Å². The van der Waals surface area contributed by atoms with Crippen molar-refractivity contribution in [2.75, 3.05) is 10.6 Å². The number of pyridine rings is 1. The molecule has 5 rings (SSSR count). The van der Waals surface area contributed by atoms with E-state index in [0.29, 0.717) is 17.7 Å². The number of fused-ring (bicyclic) bond motifs is 1. The van der Waals surface area contributed by atoms with Gasteiger partial charge in [-0.1, -0.05) is 13.8 Å². The van der Waals surface area contributed by atoms with Crippen molar-refractivity contribution >= 4 is 28.6 Å². The molecule has 4 heterocycles. The number of aromatic amines is 2. The number of nitrogens with zero attached hydrogens (tertiary/aromatic N) is 4. The number of H-pyrrole nitrogens is 2. The summed E-state index contributed by atoms with van der Waals surface area (Å²) in [5, 5.41) is 13.3. The summed E-state index contributed by atoms with van der Waals surface area (Å²) in [5.74, 6) is 0.929. The van der Waals surface area contributed by atoms with E-state index in [1.165, 1.54) is 0 Å². The minimum Gasteiger partial charge on any atom is -0.360 e. The van der Waals surface area contributed by atoms with Gasteiger partial charge in [-0.05, 0) is 38.0 Å². The number of nitrogens with one attached hydrogen (secondary N) is 4. The van der Waals surface area contributed by atoms with Gasteiger partial charge < -0.3 is 15.6 Å². The predicted octanol–water partition coefficient (Wildman–Crippen LogP) is 5.04. The van der Waals surface area contributed by atoms with Gasteiger partial charge in [0, 0.05) is 23.9 Å². The minimum atomic E-state index is -0.541. The average molecular weight is 408 g/mol. The van der Waals surface area contributed by atoms with Gasteiger partial charge in [0.05, 0.1) is 29.0 Å². The molecule has 0 aromatic carbocycles. The molecule has 4 aromatic heterocycles. The fourth-order valence-corrected chi connectivity index (χ4v) is 3.11. The molecule has 0 spiro atoms. The van der Waals surface area contributed by atoms with Crippen molar-refractivity contribution < 1.29 is 4.39 Å². The molecular weight excluding hydrogens is 383 g/mol. The van der Waals surface area contributed by atoms with Crippen LogP contribution in [0.5, 0.6) is 0 Å². The van der Waals surface area contributed by atoms with Crippen LogP contribution in [0.1, 0.15) is 57.0 Å². The molecule has 0 bridgehead atoms. The second-order valence-corrected chi connectivity index (χ2v) is 7.01. The summed E-state index contributed by atoms with van der Waals surface area (Å²) < 4.78 is 14.2. The number of hydrogen-bond acceptors (Lipinski definition) is 6. The van der Waals surface area contributed by atoms with Gasteiger partial charge in [-0.15, -0.1) is 0 Å². The number of aromatic nitrogens is 6. The van der Waals surface area contributed by atoms with Gasteiger partial charge in [-0.25, -0.2) is 14.4 Å². The Bertz CT molecular complexity index is 1130. The molecule has 0 unspecified atom stereocenters. The van der Waals surface area contributed by atoms with Crippen molar-refractivity contribution in [1.29, 1.82) is 0 Å². The normalized spacial score (nSPS) is 14.1. The summed E-state index contributed by atoms with van der Waals surface area (Å²) in [6.07, 6.45) is 5.32. The minimum absolute atomic E-state index is 0.0765. The summed E-state index contributed by atoms with van der Waals surface area (Å²) in [4.78, 5) is 16.0. The van der Waals surface area contributed by atoms with E-state index < -0.39 is 5.82 Å². The topological polar surface area (TPSA) is 107 Å². The molecule has 0 aliphatic heterocycles. The third kappa shape index (κ3) is 4.24. The zero-order valence-corrected chi connectivity index (χ0v) is 17.2. The van der Waals surface area contributed by atoms with Crippen LogP contribution < -0.4 is 10.6 Å². The summed E-state index contributed by atoms with van der Waals surface area (Å²) in [6, 6.07) is 7.57. The van der Waals surface area contributed by atoms with Crippen molar-refractivity contribution in [3.63, 3.8) is 0 Å². The standard InChI is InChI=1S/C19H19FN8.C2H6/c1-10(13-4-5-14-15(24-13)6-7-21-14)23-19-22-9-12(20)18(26-19)25-17-8-16(27-28-17)11-2-3-11;1-2/h4-11,21H,2-3H2,1H3,(H3,22,23,25,26,27,28);1-2H3/t10-;/m0./s1. The summed E-state index contributed by atoms with van der Waals surface area (Å²) >= 11 is 0. The molecule has 8 nitrogen and oxygen atoms in total. The van der Waals surface area contributed by atoms with Gasteiger partial charge in [-0.2, -0.15) is 10.1 Å². The van der Waals surface area contributed by atoms with Crippen molar-refractivity contribution in [3.8, 4) is 0 Å².